The Balaban J connectivity index is 1.85. The molecule has 1 atom stereocenters. The largest absolute Gasteiger partial charge is 0.493 e. The standard InChI is InChI=1S/C38H44FN3O6S/c1-6-7-19-40-38(44)34(23-29-13-9-8-10-14-29)41(25-30-15-11-12-16-33(30)39)37(43)26-42(31-21-27(2)20-28(3)22-31)49(45,46)32-17-18-35(47-4)36(24-32)48-5/h8-18,20-22,24,34H,6-7,19,23,25-26H2,1-5H3,(H,40,44). The molecule has 4 aromatic carbocycles. The number of ether oxygens (including phenoxy) is 2. The van der Waals surface area contributed by atoms with Gasteiger partial charge >= 0.3 is 0 Å². The lowest BCUT2D eigenvalue weighted by Crippen LogP contribution is -2.53. The van der Waals surface area contributed by atoms with Gasteiger partial charge in [0.05, 0.1) is 24.8 Å². The summed E-state index contributed by atoms with van der Waals surface area (Å²) in [6, 6.07) is 23.6. The molecule has 2 amide bonds. The van der Waals surface area contributed by atoms with E-state index in [1.807, 2.05) is 57.2 Å². The van der Waals surface area contributed by atoms with E-state index in [-0.39, 0.29) is 34.9 Å². The maximum atomic E-state index is 15.1. The third-order valence-electron chi connectivity index (χ3n) is 8.12. The maximum absolute atomic E-state index is 15.1. The number of carbonyl (C=O) groups is 2. The lowest BCUT2D eigenvalue weighted by molar-refractivity contribution is -0.140. The topological polar surface area (TPSA) is 105 Å². The predicted molar refractivity (Wildman–Crippen MR) is 189 cm³/mol. The molecule has 0 bridgehead atoms. The Hall–Kier alpha value is -4.90. The molecular formula is C38H44FN3O6S. The number of nitrogens with zero attached hydrogens (tertiary/aromatic N) is 2. The van der Waals surface area contributed by atoms with E-state index in [2.05, 4.69) is 5.32 Å². The predicted octanol–water partition coefficient (Wildman–Crippen LogP) is 6.21. The number of unbranched alkanes of at least 4 members (excludes halogenated alkanes) is 1. The molecule has 1 unspecified atom stereocenters. The summed E-state index contributed by atoms with van der Waals surface area (Å²) in [5.74, 6) is -1.11. The molecule has 0 spiro atoms. The molecule has 49 heavy (non-hydrogen) atoms. The fourth-order valence-electron chi connectivity index (χ4n) is 5.60. The Morgan fingerprint density at radius 1 is 0.857 bits per heavy atom. The number of nitrogens with one attached hydrogen (secondary N) is 1. The zero-order valence-corrected chi connectivity index (χ0v) is 29.4. The molecule has 0 aliphatic rings. The van der Waals surface area contributed by atoms with Gasteiger partial charge in [0.2, 0.25) is 11.8 Å². The molecule has 0 aliphatic heterocycles. The molecule has 1 N–H and O–H groups in total. The van der Waals surface area contributed by atoms with Crippen LogP contribution in [-0.4, -0.2) is 58.5 Å². The molecule has 0 saturated carbocycles. The van der Waals surface area contributed by atoms with Gasteiger partial charge in [-0.25, -0.2) is 12.8 Å². The minimum atomic E-state index is -4.40. The van der Waals surface area contributed by atoms with Gasteiger partial charge in [-0.15, -0.1) is 0 Å². The van der Waals surface area contributed by atoms with Gasteiger partial charge in [-0.05, 0) is 67.3 Å². The summed E-state index contributed by atoms with van der Waals surface area (Å²) >= 11 is 0. The second-order valence-corrected chi connectivity index (χ2v) is 13.7. The molecule has 4 aromatic rings. The first kappa shape index (κ1) is 36.9. The molecule has 11 heteroatoms. The van der Waals surface area contributed by atoms with Crippen LogP contribution in [0, 0.1) is 19.7 Å². The first-order valence-electron chi connectivity index (χ1n) is 16.2. The van der Waals surface area contributed by atoms with Crippen LogP contribution in [0.15, 0.2) is 95.9 Å². The molecule has 0 aliphatic carbocycles. The van der Waals surface area contributed by atoms with Gasteiger partial charge in [-0.2, -0.15) is 0 Å². The number of carbonyl (C=O) groups excluding carboxylic acids is 2. The van der Waals surface area contributed by atoms with Gasteiger partial charge in [0.25, 0.3) is 10.0 Å². The lowest BCUT2D eigenvalue weighted by Gasteiger charge is -2.34. The SMILES string of the molecule is CCCCNC(=O)C(Cc1ccccc1)N(Cc1ccccc1F)C(=O)CN(c1cc(C)cc(C)c1)S(=O)(=O)c1ccc(OC)c(OC)c1. The van der Waals surface area contributed by atoms with E-state index in [0.29, 0.717) is 12.3 Å². The van der Waals surface area contributed by atoms with Crippen molar-refractivity contribution in [3.05, 3.63) is 119 Å². The second kappa shape index (κ2) is 17.0. The van der Waals surface area contributed by atoms with Crippen LogP contribution in [0.4, 0.5) is 10.1 Å². The minimum Gasteiger partial charge on any atom is -0.493 e. The Morgan fingerprint density at radius 2 is 1.51 bits per heavy atom. The van der Waals surface area contributed by atoms with Crippen LogP contribution in [0.2, 0.25) is 0 Å². The highest BCUT2D eigenvalue weighted by Crippen LogP contribution is 2.33. The highest BCUT2D eigenvalue weighted by molar-refractivity contribution is 7.92. The van der Waals surface area contributed by atoms with Crippen molar-refractivity contribution < 1.29 is 31.9 Å². The summed E-state index contributed by atoms with van der Waals surface area (Å²) in [4.78, 5) is 29.7. The fraction of sp³-hybridized carbons (Fsp3) is 0.316. The molecule has 260 valence electrons. The van der Waals surface area contributed by atoms with Crippen molar-refractivity contribution in [3.63, 3.8) is 0 Å². The van der Waals surface area contributed by atoms with Gasteiger partial charge < -0.3 is 19.7 Å². The molecular weight excluding hydrogens is 645 g/mol. The van der Waals surface area contributed by atoms with Crippen LogP contribution < -0.4 is 19.1 Å². The number of hydrogen-bond acceptors (Lipinski definition) is 6. The lowest BCUT2D eigenvalue weighted by atomic mass is 10.0. The third kappa shape index (κ3) is 9.38. The zero-order valence-electron chi connectivity index (χ0n) is 28.6. The van der Waals surface area contributed by atoms with E-state index in [4.69, 9.17) is 9.47 Å². The van der Waals surface area contributed by atoms with Gasteiger partial charge in [0.1, 0.15) is 18.4 Å². The van der Waals surface area contributed by atoms with Crippen molar-refractivity contribution in [3.8, 4) is 11.5 Å². The second-order valence-electron chi connectivity index (χ2n) is 11.8. The summed E-state index contributed by atoms with van der Waals surface area (Å²) in [5, 5.41) is 2.93. The van der Waals surface area contributed by atoms with E-state index >= 15 is 4.39 Å². The first-order valence-corrected chi connectivity index (χ1v) is 17.6. The highest BCUT2D eigenvalue weighted by Gasteiger charge is 2.35. The smallest absolute Gasteiger partial charge is 0.264 e. The molecule has 0 radical (unpaired) electrons. The van der Waals surface area contributed by atoms with E-state index in [1.54, 1.807) is 30.3 Å². The van der Waals surface area contributed by atoms with Gasteiger partial charge in [0, 0.05) is 31.1 Å². The van der Waals surface area contributed by atoms with Crippen LogP contribution in [-0.2, 0) is 32.6 Å². The summed E-state index contributed by atoms with van der Waals surface area (Å²) in [6.45, 7) is 5.14. The molecule has 0 heterocycles. The maximum Gasteiger partial charge on any atom is 0.264 e. The number of sulfonamides is 1. The van der Waals surface area contributed by atoms with E-state index in [0.717, 1.165) is 33.8 Å². The van der Waals surface area contributed by atoms with Crippen LogP contribution >= 0.6 is 0 Å². The average Bonchev–Trinajstić information content (AvgIpc) is 3.09. The van der Waals surface area contributed by atoms with E-state index in [1.165, 1.54) is 43.4 Å². The van der Waals surface area contributed by atoms with Gasteiger partial charge in [0.15, 0.2) is 11.5 Å². The van der Waals surface area contributed by atoms with Crippen molar-refractivity contribution in [2.45, 2.75) is 57.5 Å². The summed E-state index contributed by atoms with van der Waals surface area (Å²) < 4.78 is 55.8. The van der Waals surface area contributed by atoms with E-state index < -0.39 is 40.2 Å². The van der Waals surface area contributed by atoms with Gasteiger partial charge in [-0.1, -0.05) is 67.9 Å². The normalized spacial score (nSPS) is 11.8. The van der Waals surface area contributed by atoms with E-state index in [9.17, 15) is 18.0 Å². The number of benzene rings is 4. The summed E-state index contributed by atoms with van der Waals surface area (Å²) in [7, 11) is -1.55. The Bertz CT molecular complexity index is 1830. The monoisotopic (exact) mass is 689 g/mol. The molecule has 0 saturated heterocycles. The van der Waals surface area contributed by atoms with Crippen molar-refractivity contribution >= 4 is 27.5 Å². The number of hydrogen-bond donors (Lipinski definition) is 1. The molecule has 0 aromatic heterocycles. The van der Waals surface area contributed by atoms with Crippen molar-refractivity contribution in [2.75, 3.05) is 31.6 Å². The Labute approximate surface area is 288 Å². The Kier molecular flexibility index (Phi) is 12.8. The number of aryl methyl sites for hydroxylation is 2. The van der Waals surface area contributed by atoms with Gasteiger partial charge in [-0.3, -0.25) is 13.9 Å². The first-order chi connectivity index (χ1) is 23.5. The van der Waals surface area contributed by atoms with Crippen LogP contribution in [0.5, 0.6) is 11.5 Å². The minimum absolute atomic E-state index is 0.129. The fourth-order valence-corrected chi connectivity index (χ4v) is 7.01. The Morgan fingerprint density at radius 3 is 2.14 bits per heavy atom. The highest BCUT2D eigenvalue weighted by atomic mass is 32.2. The molecule has 9 nitrogen and oxygen atoms in total. The summed E-state index contributed by atoms with van der Waals surface area (Å²) in [6.07, 6.45) is 1.71. The molecule has 0 fully saturated rings. The van der Waals surface area contributed by atoms with Crippen molar-refractivity contribution in [1.82, 2.24) is 10.2 Å². The van der Waals surface area contributed by atoms with Crippen molar-refractivity contribution in [1.29, 1.82) is 0 Å². The van der Waals surface area contributed by atoms with Crippen molar-refractivity contribution in [2.24, 2.45) is 0 Å². The zero-order chi connectivity index (χ0) is 35.6. The quantitative estimate of drug-likeness (QED) is 0.140. The molecule has 4 rings (SSSR count). The van der Waals surface area contributed by atoms with Crippen LogP contribution in [0.25, 0.3) is 0 Å². The third-order valence-corrected chi connectivity index (χ3v) is 9.89. The summed E-state index contributed by atoms with van der Waals surface area (Å²) in [5.41, 5.74) is 2.81. The van der Waals surface area contributed by atoms with Crippen LogP contribution in [0.1, 0.15) is 42.0 Å². The number of halogens is 1. The number of methoxy groups -OCH3 is 2. The number of amides is 2. The average molecular weight is 690 g/mol. The number of anilines is 1. The number of rotatable bonds is 16. The van der Waals surface area contributed by atoms with Crippen LogP contribution in [0.3, 0.4) is 0 Å².